The zero-order valence-electron chi connectivity index (χ0n) is 11.0. The molecule has 0 amide bonds. The minimum atomic E-state index is 0.635. The molecule has 0 aromatic heterocycles. The Hall–Kier alpha value is 0.440. The Kier molecular flexibility index (Phi) is 5.35. The summed E-state index contributed by atoms with van der Waals surface area (Å²) in [6, 6.07) is 0. The lowest BCUT2D eigenvalue weighted by molar-refractivity contribution is 0.211. The van der Waals surface area contributed by atoms with E-state index in [0.29, 0.717) is 5.92 Å². The summed E-state index contributed by atoms with van der Waals surface area (Å²) < 4.78 is 0.954. The third-order valence-electron chi connectivity index (χ3n) is 5.00. The van der Waals surface area contributed by atoms with Crippen LogP contribution in [0.2, 0.25) is 0 Å². The SMILES string of the molecule is CC1CCC(CC2CCC(C(=S)S)CC2)CC1. The average Bonchev–Trinajstić information content (AvgIpc) is 2.33. The quantitative estimate of drug-likeness (QED) is 0.538. The van der Waals surface area contributed by atoms with Crippen molar-refractivity contribution in [3.05, 3.63) is 0 Å². The molecular formula is C15H26S2. The van der Waals surface area contributed by atoms with Crippen LogP contribution in [0.25, 0.3) is 0 Å². The van der Waals surface area contributed by atoms with E-state index in [0.717, 1.165) is 22.0 Å². The smallest absolute Gasteiger partial charge is 0.0479 e. The van der Waals surface area contributed by atoms with Crippen molar-refractivity contribution in [3.8, 4) is 0 Å². The molecule has 0 aromatic carbocycles. The molecule has 2 saturated carbocycles. The van der Waals surface area contributed by atoms with E-state index in [9.17, 15) is 0 Å². The number of hydrogen-bond donors (Lipinski definition) is 1. The Morgan fingerprint density at radius 1 is 0.941 bits per heavy atom. The molecule has 0 saturated heterocycles. The zero-order chi connectivity index (χ0) is 12.3. The second-order valence-corrected chi connectivity index (χ2v) is 7.64. The van der Waals surface area contributed by atoms with E-state index in [1.54, 1.807) is 0 Å². The van der Waals surface area contributed by atoms with Crippen LogP contribution in [0.1, 0.15) is 64.7 Å². The summed E-state index contributed by atoms with van der Waals surface area (Å²) in [6.07, 6.45) is 12.8. The maximum absolute atomic E-state index is 5.19. The Morgan fingerprint density at radius 3 is 1.88 bits per heavy atom. The highest BCUT2D eigenvalue weighted by molar-refractivity contribution is 8.11. The molecule has 2 aliphatic rings. The molecule has 0 N–H and O–H groups in total. The van der Waals surface area contributed by atoms with Crippen molar-refractivity contribution in [1.29, 1.82) is 0 Å². The van der Waals surface area contributed by atoms with Gasteiger partial charge in [0.25, 0.3) is 0 Å². The normalized spacial score (nSPS) is 38.9. The van der Waals surface area contributed by atoms with Crippen LogP contribution in [-0.2, 0) is 0 Å². The van der Waals surface area contributed by atoms with Crippen molar-refractivity contribution in [2.45, 2.75) is 64.7 Å². The van der Waals surface area contributed by atoms with Gasteiger partial charge in [-0.15, -0.1) is 12.6 Å². The van der Waals surface area contributed by atoms with Crippen molar-refractivity contribution in [2.24, 2.45) is 23.7 Å². The van der Waals surface area contributed by atoms with Crippen LogP contribution < -0.4 is 0 Å². The molecule has 0 spiro atoms. The first-order valence-corrected chi connectivity index (χ1v) is 8.23. The molecule has 0 heterocycles. The van der Waals surface area contributed by atoms with Gasteiger partial charge in [-0.1, -0.05) is 44.8 Å². The number of rotatable bonds is 3. The van der Waals surface area contributed by atoms with Crippen LogP contribution in [-0.4, -0.2) is 4.20 Å². The van der Waals surface area contributed by atoms with E-state index < -0.39 is 0 Å². The van der Waals surface area contributed by atoms with Gasteiger partial charge in [-0.25, -0.2) is 0 Å². The summed E-state index contributed by atoms with van der Waals surface area (Å²) in [5.41, 5.74) is 0. The number of thiocarbonyl (C=S) groups is 1. The fourth-order valence-corrected chi connectivity index (χ4v) is 4.18. The summed E-state index contributed by atoms with van der Waals surface area (Å²) in [7, 11) is 0. The standard InChI is InChI=1S/C15H26S2/c1-11-2-4-12(5-3-11)10-13-6-8-14(9-7-13)15(16)17/h11-14H,2-10H2,1H3,(H,16,17). The summed E-state index contributed by atoms with van der Waals surface area (Å²) in [5.74, 6) is 3.66. The van der Waals surface area contributed by atoms with Crippen molar-refractivity contribution in [2.75, 3.05) is 0 Å². The van der Waals surface area contributed by atoms with E-state index in [1.807, 2.05) is 0 Å². The largest absolute Gasteiger partial charge is 0.136 e. The third-order valence-corrected chi connectivity index (χ3v) is 5.70. The summed E-state index contributed by atoms with van der Waals surface area (Å²) >= 11 is 9.54. The van der Waals surface area contributed by atoms with Gasteiger partial charge in [0.1, 0.15) is 0 Å². The van der Waals surface area contributed by atoms with Crippen LogP contribution in [0.4, 0.5) is 0 Å². The van der Waals surface area contributed by atoms with Crippen LogP contribution in [0.3, 0.4) is 0 Å². The van der Waals surface area contributed by atoms with E-state index >= 15 is 0 Å². The van der Waals surface area contributed by atoms with E-state index in [-0.39, 0.29) is 0 Å². The highest BCUT2D eigenvalue weighted by atomic mass is 32.1. The van der Waals surface area contributed by atoms with Crippen LogP contribution >= 0.6 is 24.8 Å². The zero-order valence-corrected chi connectivity index (χ0v) is 12.7. The number of hydrogen-bond acceptors (Lipinski definition) is 1. The summed E-state index contributed by atoms with van der Waals surface area (Å²) in [4.78, 5) is 0. The Bertz CT molecular complexity index is 246. The molecule has 0 unspecified atom stereocenters. The molecule has 2 fully saturated rings. The molecule has 0 aromatic rings. The van der Waals surface area contributed by atoms with Gasteiger partial charge in [0, 0.05) is 4.20 Å². The van der Waals surface area contributed by atoms with Crippen molar-refractivity contribution in [1.82, 2.24) is 0 Å². The first kappa shape index (κ1) is 13.9. The third kappa shape index (κ3) is 4.24. The monoisotopic (exact) mass is 270 g/mol. The van der Waals surface area contributed by atoms with Gasteiger partial charge < -0.3 is 0 Å². The van der Waals surface area contributed by atoms with Gasteiger partial charge in [0.05, 0.1) is 0 Å². The average molecular weight is 271 g/mol. The molecule has 0 bridgehead atoms. The van der Waals surface area contributed by atoms with Crippen molar-refractivity contribution in [3.63, 3.8) is 0 Å². The molecule has 2 rings (SSSR count). The lowest BCUT2D eigenvalue weighted by Gasteiger charge is -2.33. The molecule has 0 nitrogen and oxygen atoms in total. The predicted molar refractivity (Wildman–Crippen MR) is 82.8 cm³/mol. The maximum atomic E-state index is 5.19. The highest BCUT2D eigenvalue weighted by Crippen LogP contribution is 2.38. The van der Waals surface area contributed by atoms with Crippen LogP contribution in [0.5, 0.6) is 0 Å². The van der Waals surface area contributed by atoms with E-state index in [1.165, 1.54) is 57.8 Å². The molecule has 0 atom stereocenters. The first-order chi connectivity index (χ1) is 8.15. The molecule has 0 aliphatic heterocycles. The van der Waals surface area contributed by atoms with Gasteiger partial charge in [-0.05, 0) is 55.8 Å². The van der Waals surface area contributed by atoms with Crippen LogP contribution in [0, 0.1) is 23.7 Å². The second-order valence-electron chi connectivity index (χ2n) is 6.42. The summed E-state index contributed by atoms with van der Waals surface area (Å²) in [6.45, 7) is 2.41. The van der Waals surface area contributed by atoms with Gasteiger partial charge in [0.2, 0.25) is 0 Å². The second kappa shape index (κ2) is 6.56. The molecule has 2 aliphatic carbocycles. The van der Waals surface area contributed by atoms with Gasteiger partial charge in [0.15, 0.2) is 0 Å². The fourth-order valence-electron chi connectivity index (χ4n) is 3.68. The molecule has 0 radical (unpaired) electrons. The Balaban J connectivity index is 1.69. The summed E-state index contributed by atoms with van der Waals surface area (Å²) in [5, 5.41) is 0. The molecular weight excluding hydrogens is 244 g/mol. The first-order valence-electron chi connectivity index (χ1n) is 7.38. The lowest BCUT2D eigenvalue weighted by Crippen LogP contribution is -2.21. The van der Waals surface area contributed by atoms with E-state index in [2.05, 4.69) is 19.6 Å². The van der Waals surface area contributed by atoms with Gasteiger partial charge in [-0.3, -0.25) is 0 Å². The van der Waals surface area contributed by atoms with Crippen molar-refractivity contribution < 1.29 is 0 Å². The minimum absolute atomic E-state index is 0.635. The van der Waals surface area contributed by atoms with E-state index in [4.69, 9.17) is 12.2 Å². The molecule has 2 heteroatoms. The lowest BCUT2D eigenvalue weighted by atomic mass is 9.74. The number of thiol groups is 1. The Labute approximate surface area is 117 Å². The molecule has 17 heavy (non-hydrogen) atoms. The van der Waals surface area contributed by atoms with Crippen LogP contribution in [0.15, 0.2) is 0 Å². The fraction of sp³-hybridized carbons (Fsp3) is 0.933. The minimum Gasteiger partial charge on any atom is -0.136 e. The topological polar surface area (TPSA) is 0 Å². The van der Waals surface area contributed by atoms with Gasteiger partial charge >= 0.3 is 0 Å². The molecule has 98 valence electrons. The maximum Gasteiger partial charge on any atom is 0.0479 e. The van der Waals surface area contributed by atoms with Gasteiger partial charge in [-0.2, -0.15) is 0 Å². The van der Waals surface area contributed by atoms with Crippen molar-refractivity contribution >= 4 is 29.0 Å². The highest BCUT2D eigenvalue weighted by Gasteiger charge is 2.26. The Morgan fingerprint density at radius 2 is 1.41 bits per heavy atom. The predicted octanol–water partition coefficient (Wildman–Crippen LogP) is 5.27.